The molecule has 0 bridgehead atoms. The molecule has 116 valence electrons. The number of rotatable bonds is 4. The summed E-state index contributed by atoms with van der Waals surface area (Å²) in [5.41, 5.74) is -0.853. The molecule has 0 saturated heterocycles. The van der Waals surface area contributed by atoms with Gasteiger partial charge in [0.2, 0.25) is 0 Å². The zero-order chi connectivity index (χ0) is 15.5. The summed E-state index contributed by atoms with van der Waals surface area (Å²) in [6.45, 7) is 2.32. The van der Waals surface area contributed by atoms with Crippen molar-refractivity contribution in [3.05, 3.63) is 23.8 Å². The van der Waals surface area contributed by atoms with Gasteiger partial charge in [0, 0.05) is 6.54 Å². The minimum absolute atomic E-state index is 0.0147. The number of benzene rings is 1. The summed E-state index contributed by atoms with van der Waals surface area (Å²) >= 11 is 0. The summed E-state index contributed by atoms with van der Waals surface area (Å²) in [7, 11) is 0. The van der Waals surface area contributed by atoms with E-state index in [2.05, 4.69) is 12.2 Å². The molecule has 1 saturated carbocycles. The summed E-state index contributed by atoms with van der Waals surface area (Å²) in [6.07, 6.45) is 4.43. The van der Waals surface area contributed by atoms with E-state index in [0.29, 0.717) is 18.8 Å². The van der Waals surface area contributed by atoms with Gasteiger partial charge in [-0.1, -0.05) is 19.4 Å². The molecule has 0 aliphatic heterocycles. The van der Waals surface area contributed by atoms with Gasteiger partial charge in [0.05, 0.1) is 11.2 Å². The first kappa shape index (κ1) is 15.6. The Labute approximate surface area is 124 Å². The van der Waals surface area contributed by atoms with Crippen molar-refractivity contribution in [2.45, 2.75) is 44.6 Å². The van der Waals surface area contributed by atoms with E-state index in [1.165, 1.54) is 18.2 Å². The Hall–Kier alpha value is -1.75. The van der Waals surface area contributed by atoms with Gasteiger partial charge in [-0.2, -0.15) is 0 Å². The highest BCUT2D eigenvalue weighted by Gasteiger charge is 2.33. The number of phenolic OH excluding ortho intramolecular Hbond substituents is 2. The SMILES string of the molecule is CCC1CCC(O)(CNC(=O)c2cccc(O)c2O)CC1. The Bertz CT molecular complexity index is 507. The fourth-order valence-electron chi connectivity index (χ4n) is 2.85. The van der Waals surface area contributed by atoms with Crippen LogP contribution in [-0.4, -0.2) is 33.4 Å². The molecule has 21 heavy (non-hydrogen) atoms. The van der Waals surface area contributed by atoms with E-state index in [4.69, 9.17) is 0 Å². The Morgan fingerprint density at radius 2 is 2.00 bits per heavy atom. The summed E-state index contributed by atoms with van der Waals surface area (Å²) in [4.78, 5) is 12.0. The van der Waals surface area contributed by atoms with E-state index in [9.17, 15) is 20.1 Å². The maximum Gasteiger partial charge on any atom is 0.255 e. The molecule has 1 aromatic carbocycles. The van der Waals surface area contributed by atoms with E-state index in [-0.39, 0.29) is 17.9 Å². The second-order valence-electron chi connectivity index (χ2n) is 5.93. The number of amides is 1. The molecule has 1 aromatic rings. The molecule has 1 fully saturated rings. The monoisotopic (exact) mass is 293 g/mol. The van der Waals surface area contributed by atoms with E-state index < -0.39 is 17.3 Å². The van der Waals surface area contributed by atoms with E-state index >= 15 is 0 Å². The van der Waals surface area contributed by atoms with E-state index in [0.717, 1.165) is 19.3 Å². The van der Waals surface area contributed by atoms with E-state index in [1.807, 2.05) is 0 Å². The number of carbonyl (C=O) groups is 1. The summed E-state index contributed by atoms with van der Waals surface area (Å²) in [6, 6.07) is 4.24. The molecule has 5 heteroatoms. The van der Waals surface area contributed by atoms with Gasteiger partial charge in [-0.15, -0.1) is 0 Å². The average molecular weight is 293 g/mol. The van der Waals surface area contributed by atoms with Crippen LogP contribution in [0.25, 0.3) is 0 Å². The molecule has 0 aromatic heterocycles. The number of aromatic hydroxyl groups is 2. The van der Waals surface area contributed by atoms with Crippen LogP contribution in [0.5, 0.6) is 11.5 Å². The molecule has 2 rings (SSSR count). The zero-order valence-corrected chi connectivity index (χ0v) is 12.3. The van der Waals surface area contributed by atoms with Crippen LogP contribution in [0.4, 0.5) is 0 Å². The predicted octanol–water partition coefficient (Wildman–Crippen LogP) is 2.16. The lowest BCUT2D eigenvalue weighted by atomic mass is 9.78. The second kappa shape index (κ2) is 6.35. The van der Waals surface area contributed by atoms with Crippen molar-refractivity contribution in [3.63, 3.8) is 0 Å². The second-order valence-corrected chi connectivity index (χ2v) is 5.93. The molecule has 5 nitrogen and oxygen atoms in total. The average Bonchev–Trinajstić information content (AvgIpc) is 2.49. The fourth-order valence-corrected chi connectivity index (χ4v) is 2.85. The number of aliphatic hydroxyl groups is 1. The van der Waals surface area contributed by atoms with Gasteiger partial charge in [-0.3, -0.25) is 4.79 Å². The minimum Gasteiger partial charge on any atom is -0.504 e. The molecule has 4 N–H and O–H groups in total. The third kappa shape index (κ3) is 3.67. The lowest BCUT2D eigenvalue weighted by Gasteiger charge is -2.35. The first-order valence-electron chi connectivity index (χ1n) is 7.47. The van der Waals surface area contributed by atoms with Crippen LogP contribution in [0.3, 0.4) is 0 Å². The third-order valence-corrected chi connectivity index (χ3v) is 4.45. The first-order chi connectivity index (χ1) is 9.95. The first-order valence-corrected chi connectivity index (χ1v) is 7.47. The van der Waals surface area contributed by atoms with Crippen LogP contribution in [0.1, 0.15) is 49.4 Å². The van der Waals surface area contributed by atoms with Gasteiger partial charge >= 0.3 is 0 Å². The summed E-state index contributed by atoms with van der Waals surface area (Å²) in [5, 5.41) is 32.2. The van der Waals surface area contributed by atoms with Crippen molar-refractivity contribution in [1.82, 2.24) is 5.32 Å². The molecular formula is C16H23NO4. The van der Waals surface area contributed by atoms with Crippen LogP contribution in [0, 0.1) is 5.92 Å². The van der Waals surface area contributed by atoms with Crippen molar-refractivity contribution in [2.75, 3.05) is 6.54 Å². The highest BCUT2D eigenvalue weighted by atomic mass is 16.3. The number of hydrogen-bond donors (Lipinski definition) is 4. The molecule has 0 heterocycles. The normalized spacial score (nSPS) is 25.5. The zero-order valence-electron chi connectivity index (χ0n) is 12.3. The van der Waals surface area contributed by atoms with Crippen LogP contribution in [0.15, 0.2) is 18.2 Å². The summed E-state index contributed by atoms with van der Waals surface area (Å²) in [5.74, 6) is -0.591. The highest BCUT2D eigenvalue weighted by Crippen LogP contribution is 2.33. The molecule has 1 aliphatic carbocycles. The Balaban J connectivity index is 1.94. The van der Waals surface area contributed by atoms with Gasteiger partial charge < -0.3 is 20.6 Å². The highest BCUT2D eigenvalue weighted by molar-refractivity contribution is 5.97. The van der Waals surface area contributed by atoms with Crippen LogP contribution >= 0.6 is 0 Å². The quantitative estimate of drug-likeness (QED) is 0.640. The lowest BCUT2D eigenvalue weighted by Crippen LogP contribution is -2.45. The molecule has 0 unspecified atom stereocenters. The molecule has 0 radical (unpaired) electrons. The van der Waals surface area contributed by atoms with E-state index in [1.54, 1.807) is 0 Å². The van der Waals surface area contributed by atoms with Gasteiger partial charge in [0.15, 0.2) is 11.5 Å². The molecule has 1 aliphatic rings. The molecule has 0 spiro atoms. The fraction of sp³-hybridized carbons (Fsp3) is 0.562. The van der Waals surface area contributed by atoms with Crippen LogP contribution < -0.4 is 5.32 Å². The topological polar surface area (TPSA) is 89.8 Å². The molecule has 0 atom stereocenters. The number of hydrogen-bond acceptors (Lipinski definition) is 4. The third-order valence-electron chi connectivity index (χ3n) is 4.45. The van der Waals surface area contributed by atoms with Gasteiger partial charge in [-0.25, -0.2) is 0 Å². The van der Waals surface area contributed by atoms with Crippen molar-refractivity contribution in [2.24, 2.45) is 5.92 Å². The number of carbonyl (C=O) groups excluding carboxylic acids is 1. The number of phenols is 2. The van der Waals surface area contributed by atoms with Gasteiger partial charge in [0.1, 0.15) is 0 Å². The summed E-state index contributed by atoms with van der Waals surface area (Å²) < 4.78 is 0. The van der Waals surface area contributed by atoms with Crippen molar-refractivity contribution < 1.29 is 20.1 Å². The Kier molecular flexibility index (Phi) is 4.73. The van der Waals surface area contributed by atoms with Crippen LogP contribution in [-0.2, 0) is 0 Å². The standard InChI is InChI=1S/C16H23NO4/c1-2-11-6-8-16(21,9-7-11)10-17-15(20)12-4-3-5-13(18)14(12)19/h3-5,11,18-19,21H,2,6-10H2,1H3,(H,17,20). The van der Waals surface area contributed by atoms with Crippen molar-refractivity contribution in [1.29, 1.82) is 0 Å². The maximum absolute atomic E-state index is 12.0. The lowest BCUT2D eigenvalue weighted by molar-refractivity contribution is -0.00788. The van der Waals surface area contributed by atoms with Crippen LogP contribution in [0.2, 0.25) is 0 Å². The number of nitrogens with one attached hydrogen (secondary N) is 1. The minimum atomic E-state index is -0.867. The predicted molar refractivity (Wildman–Crippen MR) is 79.3 cm³/mol. The largest absolute Gasteiger partial charge is 0.504 e. The molecular weight excluding hydrogens is 270 g/mol. The van der Waals surface area contributed by atoms with Crippen molar-refractivity contribution in [3.8, 4) is 11.5 Å². The van der Waals surface area contributed by atoms with Gasteiger partial charge in [-0.05, 0) is 43.7 Å². The maximum atomic E-state index is 12.0. The van der Waals surface area contributed by atoms with Crippen molar-refractivity contribution >= 4 is 5.91 Å². The number of para-hydroxylation sites is 1. The smallest absolute Gasteiger partial charge is 0.255 e. The molecule has 1 amide bonds. The van der Waals surface area contributed by atoms with Gasteiger partial charge in [0.25, 0.3) is 5.91 Å². The Morgan fingerprint density at radius 3 is 2.62 bits per heavy atom. The Morgan fingerprint density at radius 1 is 1.33 bits per heavy atom.